The van der Waals surface area contributed by atoms with E-state index in [2.05, 4.69) is 79.3 Å². The van der Waals surface area contributed by atoms with Gasteiger partial charge in [0, 0.05) is 11.6 Å². The van der Waals surface area contributed by atoms with Gasteiger partial charge in [0.05, 0.1) is 5.39 Å². The molecule has 0 aliphatic carbocycles. The van der Waals surface area contributed by atoms with E-state index >= 15 is 0 Å². The lowest BCUT2D eigenvalue weighted by Gasteiger charge is -2.07. The summed E-state index contributed by atoms with van der Waals surface area (Å²) in [6.45, 7) is 14.2. The second kappa shape index (κ2) is 12.3. The van der Waals surface area contributed by atoms with Gasteiger partial charge in [0.1, 0.15) is 7.05 Å². The van der Waals surface area contributed by atoms with Crippen LogP contribution in [0.15, 0.2) is 60.8 Å². The molecule has 0 saturated heterocycles. The van der Waals surface area contributed by atoms with Crippen LogP contribution in [0.4, 0.5) is 0 Å². The van der Waals surface area contributed by atoms with Crippen LogP contribution in [0.1, 0.15) is 47.1 Å². The fourth-order valence-electron chi connectivity index (χ4n) is 2.49. The third-order valence-corrected chi connectivity index (χ3v) is 3.45. The molecule has 0 bridgehead atoms. The molecule has 3 rings (SSSR count). The number of hydrogen-bond donors (Lipinski definition) is 0. The molecular weight excluding hydrogens is 290 g/mol. The van der Waals surface area contributed by atoms with Crippen LogP contribution in [0.2, 0.25) is 0 Å². The van der Waals surface area contributed by atoms with Crippen molar-refractivity contribution in [2.45, 2.75) is 48.5 Å². The molecule has 0 N–H and O–H groups in total. The maximum absolute atomic E-state index is 2.20. The lowest BCUT2D eigenvalue weighted by Crippen LogP contribution is -2.30. The van der Waals surface area contributed by atoms with E-state index in [-0.39, 0.29) is 0 Å². The summed E-state index contributed by atoms with van der Waals surface area (Å²) in [6, 6.07) is 19.3. The molecule has 1 aromatic heterocycles. The molecule has 24 heavy (non-hydrogen) atoms. The van der Waals surface area contributed by atoms with Gasteiger partial charge < -0.3 is 0 Å². The largest absolute Gasteiger partial charge is 0.220 e. The van der Waals surface area contributed by atoms with Crippen molar-refractivity contribution in [2.75, 3.05) is 0 Å². The predicted molar refractivity (Wildman–Crippen MR) is 109 cm³/mol. The Morgan fingerprint density at radius 3 is 1.83 bits per heavy atom. The second-order valence-corrected chi connectivity index (χ2v) is 4.68. The summed E-state index contributed by atoms with van der Waals surface area (Å²) in [5, 5.41) is 2.59. The van der Waals surface area contributed by atoms with Crippen molar-refractivity contribution in [2.24, 2.45) is 7.05 Å². The summed E-state index contributed by atoms with van der Waals surface area (Å²) in [5.74, 6) is 0. The molecule has 0 aliphatic heterocycles. The number of aromatic nitrogens is 1. The minimum absolute atomic E-state index is 1.28. The molecule has 130 valence electrons. The quantitative estimate of drug-likeness (QED) is 0.437. The summed E-state index contributed by atoms with van der Waals surface area (Å²) in [5.41, 5.74) is 3.90. The van der Waals surface area contributed by atoms with Crippen molar-refractivity contribution in [3.63, 3.8) is 0 Å². The molecule has 1 heterocycles. The van der Waals surface area contributed by atoms with Crippen LogP contribution in [-0.2, 0) is 7.05 Å². The number of nitrogens with zero attached hydrogens (tertiary/aromatic N) is 1. The molecule has 3 aromatic rings. The standard InChI is InChI=1S/C17H16N.3C2H6/c1-13-7-3-5-9-15(13)17-16-10-6-4-8-14(16)11-12-18(17)2;3*1-2/h3-12H,1-2H3;3*1-2H3/q+1;;;. The van der Waals surface area contributed by atoms with Crippen LogP contribution in [0.5, 0.6) is 0 Å². The van der Waals surface area contributed by atoms with E-state index in [1.165, 1.54) is 27.6 Å². The van der Waals surface area contributed by atoms with E-state index in [9.17, 15) is 0 Å². The molecule has 1 nitrogen and oxygen atoms in total. The second-order valence-electron chi connectivity index (χ2n) is 4.68. The Balaban J connectivity index is 0.000000798. The van der Waals surface area contributed by atoms with Crippen molar-refractivity contribution in [1.82, 2.24) is 0 Å². The number of fused-ring (bicyclic) bond motifs is 1. The topological polar surface area (TPSA) is 3.88 Å². The molecule has 1 heteroatoms. The van der Waals surface area contributed by atoms with Crippen molar-refractivity contribution in [3.8, 4) is 11.3 Å². The average Bonchev–Trinajstić information content (AvgIpc) is 2.67. The fraction of sp³-hybridized carbons (Fsp3) is 0.348. The third kappa shape index (κ3) is 5.19. The summed E-state index contributed by atoms with van der Waals surface area (Å²) in [4.78, 5) is 0. The van der Waals surface area contributed by atoms with Crippen molar-refractivity contribution < 1.29 is 4.57 Å². The zero-order chi connectivity index (χ0) is 18.5. The Hall–Kier alpha value is -2.15. The third-order valence-electron chi connectivity index (χ3n) is 3.45. The predicted octanol–water partition coefficient (Wildman–Crippen LogP) is 6.72. The van der Waals surface area contributed by atoms with E-state index in [0.717, 1.165) is 0 Å². The Bertz CT molecular complexity index is 714. The lowest BCUT2D eigenvalue weighted by atomic mass is 10.00. The molecule has 0 spiro atoms. The minimum Gasteiger partial charge on any atom is -0.200 e. The molecule has 2 aromatic carbocycles. The van der Waals surface area contributed by atoms with Crippen LogP contribution in [0.25, 0.3) is 22.0 Å². The number of hydrogen-bond acceptors (Lipinski definition) is 0. The van der Waals surface area contributed by atoms with E-state index < -0.39 is 0 Å². The number of rotatable bonds is 1. The summed E-state index contributed by atoms with van der Waals surface area (Å²) >= 11 is 0. The Labute approximate surface area is 149 Å². The SMILES string of the molecule is CC.CC.CC.Cc1ccccc1-c1c2ccccc2cc[n+]1C. The van der Waals surface area contributed by atoms with E-state index in [0.29, 0.717) is 0 Å². The van der Waals surface area contributed by atoms with Crippen LogP contribution in [0.3, 0.4) is 0 Å². The van der Waals surface area contributed by atoms with Crippen molar-refractivity contribution >= 4 is 10.8 Å². The van der Waals surface area contributed by atoms with Gasteiger partial charge in [0.25, 0.3) is 0 Å². The normalized spacial score (nSPS) is 8.83. The van der Waals surface area contributed by atoms with E-state index in [4.69, 9.17) is 0 Å². The maximum atomic E-state index is 2.20. The van der Waals surface area contributed by atoms with Gasteiger partial charge in [-0.3, -0.25) is 0 Å². The first-order chi connectivity index (χ1) is 11.8. The summed E-state index contributed by atoms with van der Waals surface area (Å²) < 4.78 is 2.20. The zero-order valence-corrected chi connectivity index (χ0v) is 16.7. The summed E-state index contributed by atoms with van der Waals surface area (Å²) in [6.07, 6.45) is 2.13. The maximum Gasteiger partial charge on any atom is 0.220 e. The highest BCUT2D eigenvalue weighted by molar-refractivity contribution is 5.93. The van der Waals surface area contributed by atoms with Gasteiger partial charge in [-0.15, -0.1) is 0 Å². The highest BCUT2D eigenvalue weighted by Crippen LogP contribution is 2.27. The average molecular weight is 325 g/mol. The molecule has 0 saturated carbocycles. The van der Waals surface area contributed by atoms with Gasteiger partial charge >= 0.3 is 0 Å². The number of pyridine rings is 1. The van der Waals surface area contributed by atoms with Crippen molar-refractivity contribution in [3.05, 3.63) is 66.4 Å². The van der Waals surface area contributed by atoms with Gasteiger partial charge in [-0.1, -0.05) is 77.9 Å². The van der Waals surface area contributed by atoms with Gasteiger partial charge in [-0.25, -0.2) is 4.57 Å². The zero-order valence-electron chi connectivity index (χ0n) is 16.7. The molecule has 0 radical (unpaired) electrons. The monoisotopic (exact) mass is 324 g/mol. The van der Waals surface area contributed by atoms with E-state index in [1.807, 2.05) is 41.5 Å². The number of aryl methyl sites for hydroxylation is 2. The Morgan fingerprint density at radius 2 is 1.21 bits per heavy atom. The fourth-order valence-corrected chi connectivity index (χ4v) is 2.49. The Kier molecular flexibility index (Phi) is 11.2. The van der Waals surface area contributed by atoms with Gasteiger partial charge in [-0.05, 0) is 30.0 Å². The first-order valence-corrected chi connectivity index (χ1v) is 9.21. The molecule has 0 unspecified atom stereocenters. The van der Waals surface area contributed by atoms with E-state index in [1.54, 1.807) is 0 Å². The first-order valence-electron chi connectivity index (χ1n) is 9.21. The smallest absolute Gasteiger partial charge is 0.200 e. The van der Waals surface area contributed by atoms with Gasteiger partial charge in [0.15, 0.2) is 6.20 Å². The highest BCUT2D eigenvalue weighted by Gasteiger charge is 2.15. The molecular formula is C23H34N+. The first kappa shape index (κ1) is 21.9. The van der Waals surface area contributed by atoms with Crippen LogP contribution >= 0.6 is 0 Å². The molecule has 0 aliphatic rings. The van der Waals surface area contributed by atoms with Gasteiger partial charge in [0.2, 0.25) is 5.69 Å². The van der Waals surface area contributed by atoms with Gasteiger partial charge in [-0.2, -0.15) is 0 Å². The molecule has 0 amide bonds. The van der Waals surface area contributed by atoms with Crippen LogP contribution < -0.4 is 4.57 Å². The highest BCUT2D eigenvalue weighted by atomic mass is 14.9. The van der Waals surface area contributed by atoms with Crippen molar-refractivity contribution in [1.29, 1.82) is 0 Å². The lowest BCUT2D eigenvalue weighted by molar-refractivity contribution is -0.659. The Morgan fingerprint density at radius 1 is 0.667 bits per heavy atom. The molecule has 0 fully saturated rings. The minimum atomic E-state index is 1.28. The molecule has 0 atom stereocenters. The van der Waals surface area contributed by atoms with Crippen LogP contribution in [0, 0.1) is 6.92 Å². The summed E-state index contributed by atoms with van der Waals surface area (Å²) in [7, 11) is 2.11. The number of benzene rings is 2. The van der Waals surface area contributed by atoms with Crippen LogP contribution in [-0.4, -0.2) is 0 Å².